The summed E-state index contributed by atoms with van der Waals surface area (Å²) in [6.45, 7) is 3.48. The zero-order valence-corrected chi connectivity index (χ0v) is 11.5. The van der Waals surface area contributed by atoms with Crippen LogP contribution in [0.4, 0.5) is 5.69 Å². The molecule has 1 aromatic carbocycles. The third-order valence-electron chi connectivity index (χ3n) is 2.78. The predicted molar refractivity (Wildman–Crippen MR) is 74.1 cm³/mol. The number of carbonyl (C=O) groups is 2. The first-order valence-corrected chi connectivity index (χ1v) is 6.24. The summed E-state index contributed by atoms with van der Waals surface area (Å²) in [4.78, 5) is 23.1. The lowest BCUT2D eigenvalue weighted by atomic mass is 10.1. The summed E-state index contributed by atoms with van der Waals surface area (Å²) in [7, 11) is 1.57. The Morgan fingerprint density at radius 2 is 2.05 bits per heavy atom. The molecule has 104 valence electrons. The number of hydrogen-bond acceptors (Lipinski definition) is 3. The molecule has 5 heteroatoms. The number of carbonyl (C=O) groups excluding carboxylic acids is 2. The standard InChI is InChI=1S/C14H20N2O3/c1-9-8-11(14(19)15-3)5-6-12(9)16-13(18)7-4-10(2)17/h5-6,8,10,17H,4,7H2,1-3H3,(H,15,19)(H,16,18). The molecule has 5 nitrogen and oxygen atoms in total. The third-order valence-corrected chi connectivity index (χ3v) is 2.78. The first-order valence-electron chi connectivity index (χ1n) is 6.24. The third kappa shape index (κ3) is 4.71. The molecule has 0 saturated carbocycles. The summed E-state index contributed by atoms with van der Waals surface area (Å²) in [6.07, 6.45) is 0.220. The van der Waals surface area contributed by atoms with Gasteiger partial charge < -0.3 is 15.7 Å². The molecule has 1 rings (SSSR count). The SMILES string of the molecule is CNC(=O)c1ccc(NC(=O)CCC(C)O)c(C)c1. The van der Waals surface area contributed by atoms with Gasteiger partial charge in [0.25, 0.3) is 5.91 Å². The van der Waals surface area contributed by atoms with E-state index in [0.29, 0.717) is 17.7 Å². The number of hydrogen-bond donors (Lipinski definition) is 3. The molecule has 19 heavy (non-hydrogen) atoms. The van der Waals surface area contributed by atoms with Crippen LogP contribution in [-0.2, 0) is 4.79 Å². The number of nitrogens with one attached hydrogen (secondary N) is 2. The molecular formula is C14H20N2O3. The summed E-state index contributed by atoms with van der Waals surface area (Å²) < 4.78 is 0. The lowest BCUT2D eigenvalue weighted by Crippen LogP contribution is -2.18. The van der Waals surface area contributed by atoms with Gasteiger partial charge in [-0.05, 0) is 44.0 Å². The minimum Gasteiger partial charge on any atom is -0.393 e. The van der Waals surface area contributed by atoms with Crippen LogP contribution in [0.5, 0.6) is 0 Å². The Hall–Kier alpha value is -1.88. The van der Waals surface area contributed by atoms with E-state index in [2.05, 4.69) is 10.6 Å². The first-order chi connectivity index (χ1) is 8.93. The van der Waals surface area contributed by atoms with E-state index in [-0.39, 0.29) is 18.2 Å². The maximum Gasteiger partial charge on any atom is 0.251 e. The van der Waals surface area contributed by atoms with E-state index in [1.165, 1.54) is 0 Å². The van der Waals surface area contributed by atoms with Gasteiger partial charge in [-0.25, -0.2) is 0 Å². The maximum absolute atomic E-state index is 11.6. The van der Waals surface area contributed by atoms with Crippen molar-refractivity contribution in [2.75, 3.05) is 12.4 Å². The highest BCUT2D eigenvalue weighted by molar-refractivity contribution is 5.96. The van der Waals surface area contributed by atoms with Crippen molar-refractivity contribution >= 4 is 17.5 Å². The zero-order valence-electron chi connectivity index (χ0n) is 11.5. The highest BCUT2D eigenvalue weighted by Crippen LogP contribution is 2.17. The van der Waals surface area contributed by atoms with Gasteiger partial charge in [-0.2, -0.15) is 0 Å². The Morgan fingerprint density at radius 1 is 1.37 bits per heavy atom. The summed E-state index contributed by atoms with van der Waals surface area (Å²) in [5.41, 5.74) is 2.07. The second kappa shape index (κ2) is 6.89. The van der Waals surface area contributed by atoms with Crippen molar-refractivity contribution < 1.29 is 14.7 Å². The molecule has 0 saturated heterocycles. The van der Waals surface area contributed by atoms with Gasteiger partial charge in [0.05, 0.1) is 6.10 Å². The summed E-state index contributed by atoms with van der Waals surface area (Å²) >= 11 is 0. The van der Waals surface area contributed by atoms with Crippen LogP contribution in [0.25, 0.3) is 0 Å². The molecule has 2 amide bonds. The number of aliphatic hydroxyl groups is 1. The van der Waals surface area contributed by atoms with Crippen molar-refractivity contribution in [1.29, 1.82) is 0 Å². The average Bonchev–Trinajstić information content (AvgIpc) is 2.37. The van der Waals surface area contributed by atoms with E-state index in [0.717, 1.165) is 5.56 Å². The van der Waals surface area contributed by atoms with Gasteiger partial charge in [0.2, 0.25) is 5.91 Å². The number of rotatable bonds is 5. The Labute approximate surface area is 113 Å². The second-order valence-electron chi connectivity index (χ2n) is 4.54. The van der Waals surface area contributed by atoms with E-state index in [4.69, 9.17) is 5.11 Å². The van der Waals surface area contributed by atoms with Crippen LogP contribution in [0.2, 0.25) is 0 Å². The van der Waals surface area contributed by atoms with Crippen molar-refractivity contribution in [3.05, 3.63) is 29.3 Å². The smallest absolute Gasteiger partial charge is 0.251 e. The van der Waals surface area contributed by atoms with Gasteiger partial charge in [-0.15, -0.1) is 0 Å². The quantitative estimate of drug-likeness (QED) is 0.753. The highest BCUT2D eigenvalue weighted by atomic mass is 16.3. The largest absolute Gasteiger partial charge is 0.393 e. The van der Waals surface area contributed by atoms with Gasteiger partial charge in [0.15, 0.2) is 0 Å². The topological polar surface area (TPSA) is 78.4 Å². The molecule has 0 aromatic heterocycles. The Kier molecular flexibility index (Phi) is 5.51. The van der Waals surface area contributed by atoms with Crippen molar-refractivity contribution in [2.24, 2.45) is 0 Å². The molecule has 1 atom stereocenters. The molecule has 0 heterocycles. The Bertz CT molecular complexity index is 470. The Balaban J connectivity index is 2.69. The fraction of sp³-hybridized carbons (Fsp3) is 0.429. The molecule has 1 unspecified atom stereocenters. The van der Waals surface area contributed by atoms with Crippen LogP contribution in [0.15, 0.2) is 18.2 Å². The fourth-order valence-corrected chi connectivity index (χ4v) is 1.64. The predicted octanol–water partition coefficient (Wildman–Crippen LogP) is 1.45. The lowest BCUT2D eigenvalue weighted by molar-refractivity contribution is -0.116. The van der Waals surface area contributed by atoms with E-state index in [1.54, 1.807) is 32.2 Å². The van der Waals surface area contributed by atoms with Crippen LogP contribution in [0.1, 0.15) is 35.7 Å². The van der Waals surface area contributed by atoms with Crippen LogP contribution in [-0.4, -0.2) is 30.1 Å². The summed E-state index contributed by atoms with van der Waals surface area (Å²) in [5, 5.41) is 14.4. The van der Waals surface area contributed by atoms with E-state index >= 15 is 0 Å². The Morgan fingerprint density at radius 3 is 2.58 bits per heavy atom. The van der Waals surface area contributed by atoms with E-state index in [1.807, 2.05) is 6.92 Å². The van der Waals surface area contributed by atoms with Crippen molar-refractivity contribution in [3.8, 4) is 0 Å². The minimum absolute atomic E-state index is 0.142. The number of aliphatic hydroxyl groups excluding tert-OH is 1. The van der Waals surface area contributed by atoms with Crippen LogP contribution in [0.3, 0.4) is 0 Å². The highest BCUT2D eigenvalue weighted by Gasteiger charge is 2.09. The molecule has 0 radical (unpaired) electrons. The maximum atomic E-state index is 11.6. The van der Waals surface area contributed by atoms with Gasteiger partial charge in [0, 0.05) is 24.7 Å². The zero-order chi connectivity index (χ0) is 14.4. The van der Waals surface area contributed by atoms with Crippen molar-refractivity contribution in [1.82, 2.24) is 5.32 Å². The average molecular weight is 264 g/mol. The monoisotopic (exact) mass is 264 g/mol. The van der Waals surface area contributed by atoms with Crippen LogP contribution in [0, 0.1) is 6.92 Å². The molecule has 0 spiro atoms. The van der Waals surface area contributed by atoms with Crippen molar-refractivity contribution in [2.45, 2.75) is 32.8 Å². The second-order valence-corrected chi connectivity index (χ2v) is 4.54. The first kappa shape index (κ1) is 15.2. The van der Waals surface area contributed by atoms with E-state index < -0.39 is 6.10 Å². The minimum atomic E-state index is -0.484. The molecule has 0 aliphatic heterocycles. The van der Waals surface area contributed by atoms with Gasteiger partial charge in [-0.1, -0.05) is 0 Å². The lowest BCUT2D eigenvalue weighted by Gasteiger charge is -2.10. The molecule has 0 bridgehead atoms. The van der Waals surface area contributed by atoms with E-state index in [9.17, 15) is 9.59 Å². The van der Waals surface area contributed by atoms with Gasteiger partial charge >= 0.3 is 0 Å². The number of amides is 2. The van der Waals surface area contributed by atoms with Crippen LogP contribution < -0.4 is 10.6 Å². The van der Waals surface area contributed by atoms with Gasteiger partial charge in [0.1, 0.15) is 0 Å². The molecule has 3 N–H and O–H groups in total. The molecule has 0 aliphatic carbocycles. The van der Waals surface area contributed by atoms with Crippen LogP contribution >= 0.6 is 0 Å². The van der Waals surface area contributed by atoms with Gasteiger partial charge in [-0.3, -0.25) is 9.59 Å². The number of anilines is 1. The fourth-order valence-electron chi connectivity index (χ4n) is 1.64. The number of aryl methyl sites for hydroxylation is 1. The molecule has 0 fully saturated rings. The molecule has 1 aromatic rings. The molecular weight excluding hydrogens is 244 g/mol. The normalized spacial score (nSPS) is 11.8. The summed E-state index contributed by atoms with van der Waals surface area (Å²) in [6, 6.07) is 5.10. The summed E-state index contributed by atoms with van der Waals surface area (Å²) in [5.74, 6) is -0.299. The number of benzene rings is 1. The van der Waals surface area contributed by atoms with Crippen molar-refractivity contribution in [3.63, 3.8) is 0 Å². The molecule has 0 aliphatic rings.